The van der Waals surface area contributed by atoms with Crippen LogP contribution in [0.2, 0.25) is 5.02 Å². The molecule has 2 aromatic rings. The van der Waals surface area contributed by atoms with Crippen molar-refractivity contribution in [1.29, 1.82) is 0 Å². The number of aliphatic hydroxyl groups excluding tert-OH is 1. The standard InChI is InChI=1S/C12H12ClN3O2S/c1-7(17)6-10-14-12(19-16-10)15-11(18)8-2-4-9(13)5-3-8/h2-5,7,17H,6H2,1H3,(H,14,15,16,18). The molecule has 0 bridgehead atoms. The minimum Gasteiger partial charge on any atom is -0.393 e. The molecule has 0 spiro atoms. The number of aromatic nitrogens is 2. The number of carbonyl (C=O) groups is 1. The fraction of sp³-hybridized carbons (Fsp3) is 0.250. The molecule has 2 N–H and O–H groups in total. The van der Waals surface area contributed by atoms with Gasteiger partial charge in [-0.05, 0) is 31.2 Å². The Kier molecular flexibility index (Phi) is 4.47. The summed E-state index contributed by atoms with van der Waals surface area (Å²) in [7, 11) is 0. The van der Waals surface area contributed by atoms with E-state index in [9.17, 15) is 9.90 Å². The molecule has 0 fully saturated rings. The molecule has 1 heterocycles. The first kappa shape index (κ1) is 13.9. The van der Waals surface area contributed by atoms with Crippen LogP contribution in [0.1, 0.15) is 23.1 Å². The maximum absolute atomic E-state index is 11.9. The average molecular weight is 298 g/mol. The van der Waals surface area contributed by atoms with Crippen molar-refractivity contribution in [2.24, 2.45) is 0 Å². The van der Waals surface area contributed by atoms with Gasteiger partial charge in [0, 0.05) is 28.5 Å². The number of hydrogen-bond acceptors (Lipinski definition) is 5. The second-order valence-corrected chi connectivity index (χ2v) is 5.22. The summed E-state index contributed by atoms with van der Waals surface area (Å²) in [5.41, 5.74) is 0.497. The van der Waals surface area contributed by atoms with E-state index < -0.39 is 6.10 Å². The molecule has 100 valence electrons. The second kappa shape index (κ2) is 6.10. The van der Waals surface area contributed by atoms with Gasteiger partial charge in [-0.15, -0.1) is 0 Å². The average Bonchev–Trinajstić information content (AvgIpc) is 2.76. The third-order valence-corrected chi connectivity index (χ3v) is 3.19. The Labute approximate surface area is 119 Å². The highest BCUT2D eigenvalue weighted by molar-refractivity contribution is 7.09. The molecule has 1 atom stereocenters. The van der Waals surface area contributed by atoms with Crippen LogP contribution in [0.4, 0.5) is 5.13 Å². The first-order chi connectivity index (χ1) is 9.04. The van der Waals surface area contributed by atoms with E-state index in [4.69, 9.17) is 11.6 Å². The normalized spacial score (nSPS) is 12.2. The quantitative estimate of drug-likeness (QED) is 0.908. The first-order valence-electron chi connectivity index (χ1n) is 5.62. The van der Waals surface area contributed by atoms with E-state index in [1.54, 1.807) is 31.2 Å². The lowest BCUT2D eigenvalue weighted by Crippen LogP contribution is -2.12. The van der Waals surface area contributed by atoms with Gasteiger partial charge in [-0.25, -0.2) is 4.98 Å². The van der Waals surface area contributed by atoms with Crippen molar-refractivity contribution >= 4 is 34.2 Å². The number of hydrogen-bond donors (Lipinski definition) is 2. The number of amides is 1. The number of nitrogens with one attached hydrogen (secondary N) is 1. The fourth-order valence-electron chi connectivity index (χ4n) is 1.42. The van der Waals surface area contributed by atoms with Crippen LogP contribution in [0.25, 0.3) is 0 Å². The molecule has 0 aliphatic carbocycles. The van der Waals surface area contributed by atoms with Gasteiger partial charge in [-0.3, -0.25) is 10.1 Å². The summed E-state index contributed by atoms with van der Waals surface area (Å²) in [5, 5.41) is 12.9. The molecular formula is C12H12ClN3O2S. The number of rotatable bonds is 4. The topological polar surface area (TPSA) is 75.1 Å². The zero-order valence-corrected chi connectivity index (χ0v) is 11.7. The zero-order valence-electron chi connectivity index (χ0n) is 10.1. The van der Waals surface area contributed by atoms with Crippen LogP contribution in [0.5, 0.6) is 0 Å². The van der Waals surface area contributed by atoms with Crippen molar-refractivity contribution in [3.05, 3.63) is 40.7 Å². The van der Waals surface area contributed by atoms with Crippen molar-refractivity contribution in [2.45, 2.75) is 19.4 Å². The van der Waals surface area contributed by atoms with Crippen LogP contribution < -0.4 is 5.32 Å². The second-order valence-electron chi connectivity index (χ2n) is 4.03. The van der Waals surface area contributed by atoms with Gasteiger partial charge in [-0.2, -0.15) is 4.37 Å². The molecule has 7 heteroatoms. The highest BCUT2D eigenvalue weighted by atomic mass is 35.5. The highest BCUT2D eigenvalue weighted by Crippen LogP contribution is 2.15. The van der Waals surface area contributed by atoms with Gasteiger partial charge in [0.1, 0.15) is 5.82 Å². The molecule has 1 aromatic carbocycles. The molecule has 5 nitrogen and oxygen atoms in total. The molecule has 2 rings (SSSR count). The Morgan fingerprint density at radius 1 is 1.47 bits per heavy atom. The predicted molar refractivity (Wildman–Crippen MR) is 74.7 cm³/mol. The number of nitrogens with zero attached hydrogens (tertiary/aromatic N) is 2. The summed E-state index contributed by atoms with van der Waals surface area (Å²) in [5.74, 6) is 0.253. The third-order valence-electron chi connectivity index (χ3n) is 2.27. The monoisotopic (exact) mass is 297 g/mol. The van der Waals surface area contributed by atoms with Crippen LogP contribution >= 0.6 is 23.1 Å². The van der Waals surface area contributed by atoms with Crippen LogP contribution in [-0.4, -0.2) is 26.5 Å². The van der Waals surface area contributed by atoms with E-state index in [0.717, 1.165) is 11.5 Å². The molecule has 0 saturated carbocycles. The number of aliphatic hydroxyl groups is 1. The lowest BCUT2D eigenvalue weighted by Gasteiger charge is -2.01. The summed E-state index contributed by atoms with van der Waals surface area (Å²) in [6, 6.07) is 6.57. The van der Waals surface area contributed by atoms with Gasteiger partial charge in [0.25, 0.3) is 5.91 Å². The summed E-state index contributed by atoms with van der Waals surface area (Å²) in [4.78, 5) is 16.0. The Morgan fingerprint density at radius 2 is 2.16 bits per heavy atom. The van der Waals surface area contributed by atoms with Gasteiger partial charge >= 0.3 is 0 Å². The van der Waals surface area contributed by atoms with Gasteiger partial charge in [-0.1, -0.05) is 11.6 Å². The minimum absolute atomic E-state index is 0.267. The molecule has 0 aliphatic rings. The van der Waals surface area contributed by atoms with Gasteiger partial charge in [0.2, 0.25) is 5.13 Å². The number of carbonyl (C=O) groups excluding carboxylic acids is 1. The predicted octanol–water partition coefficient (Wildman–Crippen LogP) is 2.37. The molecule has 0 aliphatic heterocycles. The summed E-state index contributed by atoms with van der Waals surface area (Å²) in [6.45, 7) is 1.66. The van der Waals surface area contributed by atoms with Crippen molar-refractivity contribution in [3.8, 4) is 0 Å². The lowest BCUT2D eigenvalue weighted by molar-refractivity contribution is 0.102. The SMILES string of the molecule is CC(O)Cc1nsc(NC(=O)c2ccc(Cl)cc2)n1. The Hall–Kier alpha value is -1.50. The van der Waals surface area contributed by atoms with Gasteiger partial charge < -0.3 is 5.11 Å². The van der Waals surface area contributed by atoms with E-state index in [1.807, 2.05) is 0 Å². The van der Waals surface area contributed by atoms with Crippen molar-refractivity contribution in [1.82, 2.24) is 9.36 Å². The molecule has 0 saturated heterocycles. The maximum atomic E-state index is 11.9. The fourth-order valence-corrected chi connectivity index (χ4v) is 2.14. The van der Waals surface area contributed by atoms with Gasteiger partial charge in [0.05, 0.1) is 6.10 Å². The highest BCUT2D eigenvalue weighted by Gasteiger charge is 2.11. The molecule has 1 amide bonds. The van der Waals surface area contributed by atoms with Crippen LogP contribution in [-0.2, 0) is 6.42 Å². The third kappa shape index (κ3) is 3.99. The number of benzene rings is 1. The largest absolute Gasteiger partial charge is 0.393 e. The Morgan fingerprint density at radius 3 is 2.79 bits per heavy atom. The molecular weight excluding hydrogens is 286 g/mol. The lowest BCUT2D eigenvalue weighted by atomic mass is 10.2. The van der Waals surface area contributed by atoms with E-state index >= 15 is 0 Å². The maximum Gasteiger partial charge on any atom is 0.257 e. The van der Waals surface area contributed by atoms with E-state index in [2.05, 4.69) is 14.7 Å². The van der Waals surface area contributed by atoms with Crippen LogP contribution in [0.15, 0.2) is 24.3 Å². The zero-order chi connectivity index (χ0) is 13.8. The van der Waals surface area contributed by atoms with Crippen molar-refractivity contribution < 1.29 is 9.90 Å². The van der Waals surface area contributed by atoms with Crippen molar-refractivity contribution in [2.75, 3.05) is 5.32 Å². The summed E-state index contributed by atoms with van der Waals surface area (Å²) >= 11 is 6.84. The van der Waals surface area contributed by atoms with Crippen LogP contribution in [0, 0.1) is 0 Å². The Bertz CT molecular complexity index is 569. The smallest absolute Gasteiger partial charge is 0.257 e. The molecule has 1 aromatic heterocycles. The number of halogens is 1. The Balaban J connectivity index is 2.02. The molecule has 1 unspecified atom stereocenters. The minimum atomic E-state index is -0.505. The van der Waals surface area contributed by atoms with Crippen molar-refractivity contribution in [3.63, 3.8) is 0 Å². The van der Waals surface area contributed by atoms with E-state index in [-0.39, 0.29) is 5.91 Å². The van der Waals surface area contributed by atoms with E-state index in [1.165, 1.54) is 0 Å². The first-order valence-corrected chi connectivity index (χ1v) is 6.77. The van der Waals surface area contributed by atoms with Gasteiger partial charge in [0.15, 0.2) is 0 Å². The molecule has 0 radical (unpaired) electrons. The summed E-state index contributed by atoms with van der Waals surface area (Å²) < 4.78 is 4.05. The van der Waals surface area contributed by atoms with E-state index in [0.29, 0.717) is 28.0 Å². The summed E-state index contributed by atoms with van der Waals surface area (Å²) in [6.07, 6.45) is -0.137. The number of anilines is 1. The molecule has 19 heavy (non-hydrogen) atoms. The van der Waals surface area contributed by atoms with Crippen LogP contribution in [0.3, 0.4) is 0 Å².